The van der Waals surface area contributed by atoms with Gasteiger partial charge in [-0.15, -0.1) is 0 Å². The lowest BCUT2D eigenvalue weighted by molar-refractivity contribution is -0.133. The summed E-state index contributed by atoms with van der Waals surface area (Å²) in [6, 6.07) is 9.06. The molecule has 1 aromatic heterocycles. The first-order valence-corrected chi connectivity index (χ1v) is 10.2. The molecule has 0 aliphatic heterocycles. The number of amides is 2. The minimum Gasteiger partial charge on any atom is -0.340 e. The molecule has 2 rings (SSSR count). The van der Waals surface area contributed by atoms with Gasteiger partial charge in [-0.1, -0.05) is 46.8 Å². The summed E-state index contributed by atoms with van der Waals surface area (Å²) in [6.45, 7) is 10.9. The normalized spacial score (nSPS) is 12.7. The smallest absolute Gasteiger partial charge is 0.251 e. The first-order valence-electron chi connectivity index (χ1n) is 9.27. The summed E-state index contributed by atoms with van der Waals surface area (Å²) in [5.74, 6) is -0.289. The fraction of sp³-hybridized carbons (Fsp3) is 0.455. The van der Waals surface area contributed by atoms with Crippen molar-refractivity contribution in [3.63, 3.8) is 0 Å². The summed E-state index contributed by atoms with van der Waals surface area (Å²) in [7, 11) is 1.78. The lowest BCUT2D eigenvalue weighted by Gasteiger charge is -2.27. The molecule has 0 unspecified atom stereocenters. The zero-order chi connectivity index (χ0) is 20.2. The highest BCUT2D eigenvalue weighted by atomic mass is 32.1. The molecule has 0 spiro atoms. The van der Waals surface area contributed by atoms with Gasteiger partial charge in [0, 0.05) is 19.2 Å². The van der Waals surface area contributed by atoms with Crippen molar-refractivity contribution in [2.75, 3.05) is 7.05 Å². The van der Waals surface area contributed by atoms with E-state index < -0.39 is 6.04 Å². The Morgan fingerprint density at radius 3 is 2.22 bits per heavy atom. The summed E-state index contributed by atoms with van der Waals surface area (Å²) < 4.78 is 0. The molecular formula is C22H30N2O2S. The lowest BCUT2D eigenvalue weighted by atomic mass is 9.86. The minimum atomic E-state index is -0.552. The van der Waals surface area contributed by atoms with E-state index in [9.17, 15) is 9.59 Å². The molecule has 146 valence electrons. The standard InChI is InChI=1S/C22H30N2O2S/c1-15(2)19(21(26)24(6)13-16-11-12-27-14-16)23-20(25)17-7-9-18(10-8-17)22(3,4)5/h7-12,14-15,19H,13H2,1-6H3,(H,23,25)/t19-/m1/s1. The van der Waals surface area contributed by atoms with Crippen LogP contribution in [-0.2, 0) is 16.8 Å². The topological polar surface area (TPSA) is 49.4 Å². The Morgan fingerprint density at radius 2 is 1.74 bits per heavy atom. The third-order valence-corrected chi connectivity index (χ3v) is 5.34. The van der Waals surface area contributed by atoms with Crippen LogP contribution in [0.25, 0.3) is 0 Å². The second-order valence-electron chi connectivity index (χ2n) is 8.35. The van der Waals surface area contributed by atoms with Crippen LogP contribution in [0.4, 0.5) is 0 Å². The number of nitrogens with one attached hydrogen (secondary N) is 1. The summed E-state index contributed by atoms with van der Waals surface area (Å²) >= 11 is 1.61. The maximum absolute atomic E-state index is 12.9. The molecular weight excluding hydrogens is 356 g/mol. The molecule has 4 nitrogen and oxygen atoms in total. The van der Waals surface area contributed by atoms with Crippen LogP contribution < -0.4 is 5.32 Å². The van der Waals surface area contributed by atoms with Crippen LogP contribution in [0.1, 0.15) is 56.1 Å². The summed E-state index contributed by atoms with van der Waals surface area (Å²) in [4.78, 5) is 27.2. The van der Waals surface area contributed by atoms with E-state index in [2.05, 4.69) is 26.1 Å². The van der Waals surface area contributed by atoms with Crippen LogP contribution >= 0.6 is 11.3 Å². The Kier molecular flexibility index (Phi) is 6.82. The number of hydrogen-bond donors (Lipinski definition) is 1. The first kappa shape index (κ1) is 21.2. The van der Waals surface area contributed by atoms with Crippen LogP contribution in [0.5, 0.6) is 0 Å². The maximum Gasteiger partial charge on any atom is 0.251 e. The van der Waals surface area contributed by atoms with Crippen molar-refractivity contribution in [3.8, 4) is 0 Å². The molecule has 1 atom stereocenters. The molecule has 0 bridgehead atoms. The van der Waals surface area contributed by atoms with Crippen molar-refractivity contribution in [1.29, 1.82) is 0 Å². The van der Waals surface area contributed by atoms with E-state index in [1.54, 1.807) is 23.3 Å². The van der Waals surface area contributed by atoms with E-state index in [1.807, 2.05) is 54.9 Å². The molecule has 27 heavy (non-hydrogen) atoms. The van der Waals surface area contributed by atoms with Crippen molar-refractivity contribution < 1.29 is 9.59 Å². The highest BCUT2D eigenvalue weighted by Gasteiger charge is 2.27. The first-order chi connectivity index (χ1) is 12.6. The summed E-state index contributed by atoms with van der Waals surface area (Å²) in [5.41, 5.74) is 2.88. The largest absolute Gasteiger partial charge is 0.340 e. The van der Waals surface area contributed by atoms with Crippen molar-refractivity contribution in [3.05, 3.63) is 57.8 Å². The molecule has 0 saturated carbocycles. The Labute approximate surface area is 166 Å². The molecule has 1 N–H and O–H groups in total. The monoisotopic (exact) mass is 386 g/mol. The molecule has 1 aromatic carbocycles. The number of benzene rings is 1. The molecule has 1 heterocycles. The fourth-order valence-corrected chi connectivity index (χ4v) is 3.49. The average Bonchev–Trinajstić information content (AvgIpc) is 3.10. The van der Waals surface area contributed by atoms with E-state index in [1.165, 1.54) is 5.56 Å². The van der Waals surface area contributed by atoms with Crippen molar-refractivity contribution in [1.82, 2.24) is 10.2 Å². The molecule has 0 saturated heterocycles. The number of nitrogens with zero attached hydrogens (tertiary/aromatic N) is 1. The summed E-state index contributed by atoms with van der Waals surface area (Å²) in [5, 5.41) is 6.95. The molecule has 0 fully saturated rings. The highest BCUT2D eigenvalue weighted by molar-refractivity contribution is 7.07. The quantitative estimate of drug-likeness (QED) is 0.797. The van der Waals surface area contributed by atoms with Gasteiger partial charge in [0.1, 0.15) is 6.04 Å². The van der Waals surface area contributed by atoms with Crippen molar-refractivity contribution >= 4 is 23.2 Å². The van der Waals surface area contributed by atoms with Crippen molar-refractivity contribution in [2.45, 2.75) is 52.6 Å². The second-order valence-corrected chi connectivity index (χ2v) is 9.13. The van der Waals surface area contributed by atoms with Crippen LogP contribution in [0.15, 0.2) is 41.1 Å². The Morgan fingerprint density at radius 1 is 1.11 bits per heavy atom. The second kappa shape index (κ2) is 8.70. The molecule has 0 aliphatic rings. The number of hydrogen-bond acceptors (Lipinski definition) is 3. The SMILES string of the molecule is CC(C)[C@@H](NC(=O)c1ccc(C(C)(C)C)cc1)C(=O)N(C)Cc1ccsc1. The third kappa shape index (κ3) is 5.67. The predicted octanol–water partition coefficient (Wildman–Crippen LogP) is 4.46. The van der Waals surface area contributed by atoms with Gasteiger partial charge in [0.2, 0.25) is 5.91 Å². The Bertz CT molecular complexity index is 759. The van der Waals surface area contributed by atoms with Crippen LogP contribution in [0, 0.1) is 5.92 Å². The van der Waals surface area contributed by atoms with E-state index in [0.29, 0.717) is 12.1 Å². The van der Waals surface area contributed by atoms with Gasteiger partial charge in [-0.2, -0.15) is 11.3 Å². The Hall–Kier alpha value is -2.14. The van der Waals surface area contributed by atoms with Gasteiger partial charge < -0.3 is 10.2 Å². The van der Waals surface area contributed by atoms with E-state index in [0.717, 1.165) is 5.56 Å². The molecule has 2 aromatic rings. The minimum absolute atomic E-state index is 0.000207. The molecule has 0 radical (unpaired) electrons. The predicted molar refractivity (Wildman–Crippen MR) is 112 cm³/mol. The fourth-order valence-electron chi connectivity index (χ4n) is 2.83. The van der Waals surface area contributed by atoms with Gasteiger partial charge in [0.15, 0.2) is 0 Å². The number of carbonyl (C=O) groups is 2. The number of rotatable bonds is 6. The third-order valence-electron chi connectivity index (χ3n) is 4.61. The van der Waals surface area contributed by atoms with Crippen LogP contribution in [0.2, 0.25) is 0 Å². The van der Waals surface area contributed by atoms with Gasteiger partial charge in [-0.3, -0.25) is 9.59 Å². The summed E-state index contributed by atoms with van der Waals surface area (Å²) in [6.07, 6.45) is 0. The molecule has 2 amide bonds. The Balaban J connectivity index is 2.08. The van der Waals surface area contributed by atoms with Gasteiger partial charge in [-0.25, -0.2) is 0 Å². The van der Waals surface area contributed by atoms with E-state index >= 15 is 0 Å². The number of likely N-dealkylation sites (N-methyl/N-ethyl adjacent to an activating group) is 1. The van der Waals surface area contributed by atoms with Crippen molar-refractivity contribution in [2.24, 2.45) is 5.92 Å². The zero-order valence-electron chi connectivity index (χ0n) is 17.1. The van der Waals surface area contributed by atoms with E-state index in [-0.39, 0.29) is 23.1 Å². The average molecular weight is 387 g/mol. The van der Waals surface area contributed by atoms with Crippen LogP contribution in [0.3, 0.4) is 0 Å². The molecule has 0 aliphatic carbocycles. The number of carbonyl (C=O) groups excluding carboxylic acids is 2. The van der Waals surface area contributed by atoms with Gasteiger partial charge in [0.25, 0.3) is 5.91 Å². The van der Waals surface area contributed by atoms with Gasteiger partial charge in [0.05, 0.1) is 0 Å². The maximum atomic E-state index is 12.9. The lowest BCUT2D eigenvalue weighted by Crippen LogP contribution is -2.50. The van der Waals surface area contributed by atoms with E-state index in [4.69, 9.17) is 0 Å². The highest BCUT2D eigenvalue weighted by Crippen LogP contribution is 2.22. The number of thiophene rings is 1. The zero-order valence-corrected chi connectivity index (χ0v) is 17.9. The molecule has 5 heteroatoms. The van der Waals surface area contributed by atoms with Gasteiger partial charge in [-0.05, 0) is 51.4 Å². The van der Waals surface area contributed by atoms with Crippen LogP contribution in [-0.4, -0.2) is 29.8 Å². The van der Waals surface area contributed by atoms with Gasteiger partial charge >= 0.3 is 0 Å².